The fraction of sp³-hybridized carbons (Fsp3) is 0.333. The van der Waals surface area contributed by atoms with Crippen LogP contribution in [0.3, 0.4) is 0 Å². The van der Waals surface area contributed by atoms with Gasteiger partial charge in [0.1, 0.15) is 11.6 Å². The first kappa shape index (κ1) is 9.05. The highest BCUT2D eigenvalue weighted by molar-refractivity contribution is 8.02. The molecule has 54 valence electrons. The summed E-state index contributed by atoms with van der Waals surface area (Å²) < 4.78 is 0. The summed E-state index contributed by atoms with van der Waals surface area (Å²) in [5, 5.41) is 9.77. The predicted octanol–water partition coefficient (Wildman–Crippen LogP) is 0.632. The summed E-state index contributed by atoms with van der Waals surface area (Å²) in [5.41, 5.74) is 4.87. The molecule has 0 spiro atoms. The Morgan fingerprint density at radius 3 is 2.80 bits per heavy atom. The summed E-state index contributed by atoms with van der Waals surface area (Å²) in [6.07, 6.45) is 0. The molecule has 4 heteroatoms. The van der Waals surface area contributed by atoms with Gasteiger partial charge in [-0.25, -0.2) is 0 Å². The maximum Gasteiger partial charge on any atom is 0.259 e. The van der Waals surface area contributed by atoms with Gasteiger partial charge in [0, 0.05) is 0 Å². The molecule has 1 amide bonds. The predicted molar refractivity (Wildman–Crippen MR) is 41.0 cm³/mol. The summed E-state index contributed by atoms with van der Waals surface area (Å²) in [7, 11) is 0. The monoisotopic (exact) mass is 156 g/mol. The van der Waals surface area contributed by atoms with Crippen molar-refractivity contribution in [3.05, 3.63) is 11.0 Å². The van der Waals surface area contributed by atoms with E-state index < -0.39 is 5.91 Å². The molecule has 2 N–H and O–H groups in total. The van der Waals surface area contributed by atoms with E-state index in [2.05, 4.69) is 0 Å². The molecule has 10 heavy (non-hydrogen) atoms. The maximum atomic E-state index is 10.4. The quantitative estimate of drug-likeness (QED) is 0.481. The largest absolute Gasteiger partial charge is 0.365 e. The van der Waals surface area contributed by atoms with Crippen LogP contribution in [0.15, 0.2) is 11.0 Å². The van der Waals surface area contributed by atoms with Gasteiger partial charge >= 0.3 is 0 Å². The summed E-state index contributed by atoms with van der Waals surface area (Å²) in [6.45, 7) is 1.93. The van der Waals surface area contributed by atoms with E-state index in [4.69, 9.17) is 11.0 Å². The molecule has 0 heterocycles. The molecule has 0 aromatic heterocycles. The van der Waals surface area contributed by atoms with Gasteiger partial charge in [-0.3, -0.25) is 4.79 Å². The second-order valence-corrected chi connectivity index (χ2v) is 2.61. The molecule has 0 radical (unpaired) electrons. The van der Waals surface area contributed by atoms with Gasteiger partial charge in [0.15, 0.2) is 0 Å². The highest BCUT2D eigenvalue weighted by Crippen LogP contribution is 2.04. The lowest BCUT2D eigenvalue weighted by atomic mass is 10.3. The molecular weight excluding hydrogens is 148 g/mol. The average molecular weight is 156 g/mol. The van der Waals surface area contributed by atoms with Crippen LogP contribution in [0.5, 0.6) is 0 Å². The molecule has 0 aliphatic carbocycles. The third-order valence-corrected chi connectivity index (χ3v) is 1.49. The summed E-state index contributed by atoms with van der Waals surface area (Å²) >= 11 is 1.38. The number of hydrogen-bond acceptors (Lipinski definition) is 3. The molecule has 0 saturated heterocycles. The number of amides is 1. The average Bonchev–Trinajstić information content (AvgIpc) is 1.89. The van der Waals surface area contributed by atoms with Crippen LogP contribution in [0.2, 0.25) is 0 Å². The second kappa shape index (κ2) is 4.89. The van der Waals surface area contributed by atoms with Crippen molar-refractivity contribution in [2.24, 2.45) is 5.73 Å². The minimum atomic E-state index is -0.663. The van der Waals surface area contributed by atoms with Crippen molar-refractivity contribution in [3.63, 3.8) is 0 Å². The lowest BCUT2D eigenvalue weighted by Crippen LogP contribution is -2.12. The van der Waals surface area contributed by atoms with Crippen LogP contribution in [-0.4, -0.2) is 11.7 Å². The maximum absolute atomic E-state index is 10.4. The Morgan fingerprint density at radius 2 is 2.50 bits per heavy atom. The highest BCUT2D eigenvalue weighted by atomic mass is 32.2. The van der Waals surface area contributed by atoms with Crippen LogP contribution in [0, 0.1) is 11.3 Å². The zero-order chi connectivity index (χ0) is 7.98. The van der Waals surface area contributed by atoms with Crippen LogP contribution >= 0.6 is 11.8 Å². The van der Waals surface area contributed by atoms with E-state index in [1.807, 2.05) is 6.92 Å². The van der Waals surface area contributed by atoms with Crippen LogP contribution in [-0.2, 0) is 4.79 Å². The fourth-order valence-electron chi connectivity index (χ4n) is 0.306. The minimum absolute atomic E-state index is 0.0202. The standard InChI is InChI=1S/C6H8N2OS/c1-2-10-4-5(3-7)6(8)9/h4H,2H2,1H3,(H2,8,9). The fourth-order valence-corrected chi connectivity index (χ4v) is 0.808. The Labute approximate surface area is 63.9 Å². The number of carbonyl (C=O) groups excluding carboxylic acids is 1. The smallest absolute Gasteiger partial charge is 0.259 e. The zero-order valence-electron chi connectivity index (χ0n) is 5.63. The topological polar surface area (TPSA) is 66.9 Å². The van der Waals surface area contributed by atoms with Crippen molar-refractivity contribution in [1.29, 1.82) is 5.26 Å². The number of hydrogen-bond donors (Lipinski definition) is 1. The van der Waals surface area contributed by atoms with Gasteiger partial charge < -0.3 is 5.73 Å². The van der Waals surface area contributed by atoms with Crippen molar-refractivity contribution >= 4 is 17.7 Å². The normalized spacial score (nSPS) is 10.6. The van der Waals surface area contributed by atoms with Gasteiger partial charge in [0.05, 0.1) is 0 Å². The van der Waals surface area contributed by atoms with Crippen LogP contribution < -0.4 is 5.73 Å². The molecule has 0 atom stereocenters. The summed E-state index contributed by atoms with van der Waals surface area (Å²) in [5.74, 6) is 0.168. The first-order chi connectivity index (χ1) is 4.72. The number of carbonyl (C=O) groups is 1. The lowest BCUT2D eigenvalue weighted by Gasteiger charge is -1.88. The first-order valence-corrected chi connectivity index (χ1v) is 3.79. The molecule has 0 saturated carbocycles. The second-order valence-electron chi connectivity index (χ2n) is 1.46. The van der Waals surface area contributed by atoms with Gasteiger partial charge in [-0.2, -0.15) is 5.26 Å². The van der Waals surface area contributed by atoms with E-state index in [0.29, 0.717) is 0 Å². The van der Waals surface area contributed by atoms with Gasteiger partial charge in [-0.15, -0.1) is 11.8 Å². The van der Waals surface area contributed by atoms with Crippen LogP contribution in [0.1, 0.15) is 6.92 Å². The molecule has 0 rings (SSSR count). The van der Waals surface area contributed by atoms with Crippen LogP contribution in [0.25, 0.3) is 0 Å². The van der Waals surface area contributed by atoms with Gasteiger partial charge in [-0.05, 0) is 11.2 Å². The van der Waals surface area contributed by atoms with E-state index in [1.54, 1.807) is 6.07 Å². The van der Waals surface area contributed by atoms with Crippen LogP contribution in [0.4, 0.5) is 0 Å². The molecule has 0 aromatic rings. The Kier molecular flexibility index (Phi) is 4.42. The minimum Gasteiger partial charge on any atom is -0.365 e. The Hall–Kier alpha value is -0.950. The molecule has 0 aliphatic heterocycles. The van der Waals surface area contributed by atoms with Crippen molar-refractivity contribution in [1.82, 2.24) is 0 Å². The van der Waals surface area contributed by atoms with Gasteiger partial charge in [-0.1, -0.05) is 6.92 Å². The number of rotatable bonds is 3. The number of primary amides is 1. The van der Waals surface area contributed by atoms with E-state index in [1.165, 1.54) is 17.2 Å². The van der Waals surface area contributed by atoms with E-state index in [-0.39, 0.29) is 5.57 Å². The van der Waals surface area contributed by atoms with Gasteiger partial charge in [0.2, 0.25) is 0 Å². The molecule has 0 aromatic carbocycles. The Morgan fingerprint density at radius 1 is 1.90 bits per heavy atom. The van der Waals surface area contributed by atoms with Crippen molar-refractivity contribution in [2.45, 2.75) is 6.92 Å². The third-order valence-electron chi connectivity index (χ3n) is 0.754. The first-order valence-electron chi connectivity index (χ1n) is 2.74. The van der Waals surface area contributed by atoms with E-state index >= 15 is 0 Å². The Bertz CT molecular complexity index is 192. The number of nitrogens with zero attached hydrogens (tertiary/aromatic N) is 1. The number of thioether (sulfide) groups is 1. The summed E-state index contributed by atoms with van der Waals surface area (Å²) in [6, 6.07) is 1.70. The molecular formula is C6H8N2OS. The zero-order valence-corrected chi connectivity index (χ0v) is 6.44. The van der Waals surface area contributed by atoms with E-state index in [0.717, 1.165) is 5.75 Å². The lowest BCUT2D eigenvalue weighted by molar-refractivity contribution is -0.114. The van der Waals surface area contributed by atoms with Crippen molar-refractivity contribution < 1.29 is 4.79 Å². The SMILES string of the molecule is CCSC=C(C#N)C(N)=O. The van der Waals surface area contributed by atoms with Crippen molar-refractivity contribution in [2.75, 3.05) is 5.75 Å². The Balaban J connectivity index is 4.09. The van der Waals surface area contributed by atoms with Crippen molar-refractivity contribution in [3.8, 4) is 6.07 Å². The molecule has 3 nitrogen and oxygen atoms in total. The third kappa shape index (κ3) is 3.15. The molecule has 0 bridgehead atoms. The number of nitrogens with two attached hydrogens (primary N) is 1. The van der Waals surface area contributed by atoms with Gasteiger partial charge in [0.25, 0.3) is 5.91 Å². The number of nitriles is 1. The summed E-state index contributed by atoms with van der Waals surface area (Å²) in [4.78, 5) is 10.4. The molecule has 0 fully saturated rings. The molecule has 0 unspecified atom stereocenters. The highest BCUT2D eigenvalue weighted by Gasteiger charge is 2.00. The van der Waals surface area contributed by atoms with E-state index in [9.17, 15) is 4.79 Å². The molecule has 0 aliphatic rings.